The molecule has 0 fully saturated rings. The normalized spacial score (nSPS) is 11.2. The Balaban J connectivity index is 2.03. The fourth-order valence-electron chi connectivity index (χ4n) is 2.62. The van der Waals surface area contributed by atoms with E-state index in [1.54, 1.807) is 0 Å². The molecule has 2 aromatic carbocycles. The maximum absolute atomic E-state index is 4.65. The van der Waals surface area contributed by atoms with Crippen LogP contribution in [-0.2, 0) is 0 Å². The van der Waals surface area contributed by atoms with E-state index in [0.29, 0.717) is 0 Å². The molecule has 0 amide bonds. The molecule has 24 heavy (non-hydrogen) atoms. The third-order valence-electron chi connectivity index (χ3n) is 3.69. The predicted octanol–water partition coefficient (Wildman–Crippen LogP) is 5.59. The van der Waals surface area contributed by atoms with Gasteiger partial charge in [0.25, 0.3) is 0 Å². The molecule has 0 unspecified atom stereocenters. The van der Waals surface area contributed by atoms with E-state index in [4.69, 9.17) is 0 Å². The molecule has 0 spiro atoms. The zero-order valence-electron chi connectivity index (χ0n) is 12.7. The number of benzene rings is 2. The lowest BCUT2D eigenvalue weighted by Crippen LogP contribution is -2.10. The average Bonchev–Trinajstić information content (AvgIpc) is 3.13. The molecule has 0 radical (unpaired) electrons. The van der Waals surface area contributed by atoms with Crippen molar-refractivity contribution < 1.29 is 0 Å². The monoisotopic (exact) mass is 347 g/mol. The second-order valence-corrected chi connectivity index (χ2v) is 5.49. The van der Waals surface area contributed by atoms with E-state index >= 15 is 0 Å². The first-order valence-electron chi connectivity index (χ1n) is 7.30. The largest absolute Gasteiger partial charge is 0.343 e. The van der Waals surface area contributed by atoms with Crippen LogP contribution in [0.4, 0.5) is 11.4 Å². The van der Waals surface area contributed by atoms with E-state index in [9.17, 15) is 0 Å². The fraction of sp³-hybridized carbons (Fsp3) is 0.0526. The Morgan fingerprint density at radius 1 is 0.708 bits per heavy atom. The van der Waals surface area contributed by atoms with Crippen molar-refractivity contribution in [2.24, 2.45) is 9.98 Å². The first-order chi connectivity index (χ1) is 11.8. The van der Waals surface area contributed by atoms with Gasteiger partial charge in [0, 0.05) is 12.4 Å². The second-order valence-electron chi connectivity index (χ2n) is 5.12. The van der Waals surface area contributed by atoms with Crippen LogP contribution in [0.25, 0.3) is 0 Å². The zero-order chi connectivity index (χ0) is 16.8. The van der Waals surface area contributed by atoms with Crippen molar-refractivity contribution >= 4 is 46.1 Å². The van der Waals surface area contributed by atoms with Gasteiger partial charge in [-0.15, -0.1) is 0 Å². The molecule has 0 aliphatic heterocycles. The summed E-state index contributed by atoms with van der Waals surface area (Å²) in [6.07, 6.45) is 4.10. The summed E-state index contributed by atoms with van der Waals surface area (Å²) < 4.78 is 2.16. The summed E-state index contributed by atoms with van der Waals surface area (Å²) in [5.41, 5.74) is 3.90. The van der Waals surface area contributed by atoms with Crippen LogP contribution in [0.2, 0.25) is 0 Å². The van der Waals surface area contributed by atoms with E-state index < -0.39 is 0 Å². The smallest absolute Gasteiger partial charge is 0.0833 e. The Labute approximate surface area is 151 Å². The van der Waals surface area contributed by atoms with Crippen LogP contribution < -0.4 is 0 Å². The van der Waals surface area contributed by atoms with Gasteiger partial charge in [0.1, 0.15) is 0 Å². The fourth-order valence-corrected chi connectivity index (χ4v) is 2.84. The SMILES string of the molecule is S=C=Nc1ccc(C(c2ccc(N=C=S)cc2)n2cccc2)cc1. The number of aromatic nitrogens is 1. The maximum Gasteiger partial charge on any atom is 0.0833 e. The lowest BCUT2D eigenvalue weighted by atomic mass is 9.98. The number of hydrogen-bond acceptors (Lipinski definition) is 4. The lowest BCUT2D eigenvalue weighted by molar-refractivity contribution is 0.682. The van der Waals surface area contributed by atoms with E-state index in [0.717, 1.165) is 22.5 Å². The second kappa shape index (κ2) is 7.73. The Bertz CT molecular complexity index is 839. The molecule has 3 nitrogen and oxygen atoms in total. The number of aliphatic imine (C=N–C) groups is 2. The summed E-state index contributed by atoms with van der Waals surface area (Å²) in [5.74, 6) is 0. The first-order valence-corrected chi connectivity index (χ1v) is 8.11. The third kappa shape index (κ3) is 3.62. The van der Waals surface area contributed by atoms with Crippen molar-refractivity contribution in [1.29, 1.82) is 0 Å². The van der Waals surface area contributed by atoms with Gasteiger partial charge in [0.15, 0.2) is 0 Å². The third-order valence-corrected chi connectivity index (χ3v) is 3.88. The highest BCUT2D eigenvalue weighted by molar-refractivity contribution is 7.78. The molecular formula is C19H13N3S2. The zero-order valence-corrected chi connectivity index (χ0v) is 14.3. The molecule has 3 aromatic rings. The van der Waals surface area contributed by atoms with Crippen LogP contribution in [0.3, 0.4) is 0 Å². The van der Waals surface area contributed by atoms with Crippen molar-refractivity contribution in [2.75, 3.05) is 0 Å². The molecule has 116 valence electrons. The quantitative estimate of drug-likeness (QED) is 0.444. The van der Waals surface area contributed by atoms with Gasteiger partial charge in [-0.2, -0.15) is 9.98 Å². The number of nitrogens with zero attached hydrogens (tertiary/aromatic N) is 3. The minimum Gasteiger partial charge on any atom is -0.343 e. The first kappa shape index (κ1) is 16.2. The van der Waals surface area contributed by atoms with Crippen LogP contribution in [0.5, 0.6) is 0 Å². The molecule has 0 saturated heterocycles. The summed E-state index contributed by atoms with van der Waals surface area (Å²) >= 11 is 9.30. The molecule has 0 saturated carbocycles. The van der Waals surface area contributed by atoms with Crippen molar-refractivity contribution in [3.05, 3.63) is 84.2 Å². The van der Waals surface area contributed by atoms with E-state index in [-0.39, 0.29) is 6.04 Å². The topological polar surface area (TPSA) is 29.6 Å². The summed E-state index contributed by atoms with van der Waals surface area (Å²) in [6.45, 7) is 0. The highest BCUT2D eigenvalue weighted by atomic mass is 32.1. The van der Waals surface area contributed by atoms with Gasteiger partial charge in [-0.05, 0) is 72.0 Å². The van der Waals surface area contributed by atoms with Crippen molar-refractivity contribution in [3.8, 4) is 0 Å². The molecule has 0 N–H and O–H groups in total. The number of hydrogen-bond donors (Lipinski definition) is 0. The molecular weight excluding hydrogens is 334 g/mol. The lowest BCUT2D eigenvalue weighted by Gasteiger charge is -2.20. The molecule has 0 aliphatic carbocycles. The van der Waals surface area contributed by atoms with Crippen LogP contribution in [0.1, 0.15) is 17.2 Å². The molecule has 0 atom stereocenters. The number of thiocarbonyl (C=S) groups is 2. The molecule has 0 bridgehead atoms. The van der Waals surface area contributed by atoms with Crippen LogP contribution >= 0.6 is 24.4 Å². The minimum absolute atomic E-state index is 0.0658. The molecule has 5 heteroatoms. The summed E-state index contributed by atoms with van der Waals surface area (Å²) in [6, 6.07) is 20.1. The molecule has 1 aromatic heterocycles. The summed E-state index contributed by atoms with van der Waals surface area (Å²) in [4.78, 5) is 8.01. The van der Waals surface area contributed by atoms with Crippen LogP contribution in [0.15, 0.2) is 83.0 Å². The Kier molecular flexibility index (Phi) is 5.22. The van der Waals surface area contributed by atoms with E-state index in [1.165, 1.54) is 0 Å². The van der Waals surface area contributed by atoms with Gasteiger partial charge in [-0.25, -0.2) is 0 Å². The van der Waals surface area contributed by atoms with Crippen LogP contribution in [-0.4, -0.2) is 14.9 Å². The van der Waals surface area contributed by atoms with E-state index in [2.05, 4.69) is 86.0 Å². The number of rotatable bonds is 5. The molecule has 3 rings (SSSR count). The standard InChI is InChI=1S/C19H13N3S2/c23-13-20-17-7-3-15(4-8-17)19(22-11-1-2-12-22)16-5-9-18(10-6-16)21-14-24/h1-12,19H. The van der Waals surface area contributed by atoms with Gasteiger partial charge in [0.2, 0.25) is 0 Å². The van der Waals surface area contributed by atoms with Gasteiger partial charge in [-0.1, -0.05) is 24.3 Å². The van der Waals surface area contributed by atoms with Gasteiger partial charge >= 0.3 is 0 Å². The maximum atomic E-state index is 4.65. The van der Waals surface area contributed by atoms with Crippen LogP contribution in [0, 0.1) is 0 Å². The Morgan fingerprint density at radius 3 is 1.50 bits per heavy atom. The predicted molar refractivity (Wildman–Crippen MR) is 104 cm³/mol. The minimum atomic E-state index is 0.0658. The Morgan fingerprint density at radius 2 is 1.12 bits per heavy atom. The highest BCUT2D eigenvalue weighted by Crippen LogP contribution is 2.29. The molecule has 1 heterocycles. The van der Waals surface area contributed by atoms with Crippen molar-refractivity contribution in [3.63, 3.8) is 0 Å². The Hall–Kier alpha value is -2.68. The summed E-state index contributed by atoms with van der Waals surface area (Å²) in [5, 5.41) is 4.78. The van der Waals surface area contributed by atoms with Gasteiger partial charge in [0.05, 0.1) is 27.7 Å². The molecule has 0 aliphatic rings. The van der Waals surface area contributed by atoms with Gasteiger partial charge in [-0.3, -0.25) is 0 Å². The van der Waals surface area contributed by atoms with E-state index in [1.807, 2.05) is 36.4 Å². The van der Waals surface area contributed by atoms with Crippen molar-refractivity contribution in [1.82, 2.24) is 4.57 Å². The average molecular weight is 347 g/mol. The van der Waals surface area contributed by atoms with Crippen molar-refractivity contribution in [2.45, 2.75) is 6.04 Å². The number of isothiocyanates is 2. The highest BCUT2D eigenvalue weighted by Gasteiger charge is 2.15. The summed E-state index contributed by atoms with van der Waals surface area (Å²) in [7, 11) is 0. The van der Waals surface area contributed by atoms with Gasteiger partial charge < -0.3 is 4.57 Å².